The van der Waals surface area contributed by atoms with E-state index in [0.717, 1.165) is 12.1 Å². The van der Waals surface area contributed by atoms with Crippen molar-refractivity contribution in [3.8, 4) is 16.9 Å². The highest BCUT2D eigenvalue weighted by molar-refractivity contribution is 5.99. The number of ether oxygens (including phenoxy) is 1. The molecule has 1 heterocycles. The second-order valence-electron chi connectivity index (χ2n) is 16.5. The summed E-state index contributed by atoms with van der Waals surface area (Å²) in [6.45, 7) is 12.2. The van der Waals surface area contributed by atoms with Crippen LogP contribution >= 0.6 is 0 Å². The van der Waals surface area contributed by atoms with Crippen LogP contribution in [-0.4, -0.2) is 91.1 Å². The summed E-state index contributed by atoms with van der Waals surface area (Å²) in [7, 11) is 5.32. The molecule has 3 amide bonds. The maximum absolute atomic E-state index is 14.2. The van der Waals surface area contributed by atoms with Gasteiger partial charge in [0.25, 0.3) is 5.91 Å². The number of hydrogen-bond acceptors (Lipinski definition) is 9. The van der Waals surface area contributed by atoms with Crippen LogP contribution in [0.15, 0.2) is 36.4 Å². The molecular weight excluding hydrogens is 662 g/mol. The lowest BCUT2D eigenvalue weighted by molar-refractivity contribution is -0.183. The van der Waals surface area contributed by atoms with E-state index >= 15 is 0 Å². The zero-order chi connectivity index (χ0) is 38.2. The first-order valence-corrected chi connectivity index (χ1v) is 18.6. The van der Waals surface area contributed by atoms with Crippen LogP contribution in [0, 0.1) is 35.0 Å². The number of hydrogen-bond donors (Lipinski definition) is 5. The fourth-order valence-electron chi connectivity index (χ4n) is 8.95. The molecule has 3 saturated carbocycles. The van der Waals surface area contributed by atoms with Crippen molar-refractivity contribution in [2.45, 2.75) is 97.7 Å². The Balaban J connectivity index is 1.46. The second-order valence-corrected chi connectivity index (χ2v) is 16.5. The lowest BCUT2D eigenvalue weighted by Gasteiger charge is -2.62. The number of benzene rings is 2. The van der Waals surface area contributed by atoms with E-state index in [9.17, 15) is 24.6 Å². The van der Waals surface area contributed by atoms with E-state index in [1.54, 1.807) is 31.2 Å². The highest BCUT2D eigenvalue weighted by Crippen LogP contribution is 2.61. The Morgan fingerprint density at radius 1 is 1.13 bits per heavy atom. The molecule has 286 valence electrons. The predicted octanol–water partition coefficient (Wildman–Crippen LogP) is 3.72. The van der Waals surface area contributed by atoms with Crippen molar-refractivity contribution in [1.29, 1.82) is 0 Å². The Morgan fingerprint density at radius 3 is 2.40 bits per heavy atom. The van der Waals surface area contributed by atoms with Crippen molar-refractivity contribution in [3.05, 3.63) is 47.5 Å². The van der Waals surface area contributed by atoms with E-state index in [-0.39, 0.29) is 36.4 Å². The maximum atomic E-state index is 14.2. The van der Waals surface area contributed by atoms with Gasteiger partial charge in [0.2, 0.25) is 11.8 Å². The van der Waals surface area contributed by atoms with Gasteiger partial charge in [0.15, 0.2) is 0 Å². The minimum Gasteiger partial charge on any atom is -0.496 e. The molecule has 0 aromatic heterocycles. The molecule has 12 nitrogen and oxygen atoms in total. The summed E-state index contributed by atoms with van der Waals surface area (Å²) in [5.41, 5.74) is 9.13. The van der Waals surface area contributed by atoms with E-state index in [2.05, 4.69) is 31.4 Å². The minimum absolute atomic E-state index is 0.0193. The van der Waals surface area contributed by atoms with Crippen molar-refractivity contribution in [3.63, 3.8) is 0 Å². The third kappa shape index (κ3) is 7.81. The van der Waals surface area contributed by atoms with E-state index in [4.69, 9.17) is 15.3 Å². The summed E-state index contributed by atoms with van der Waals surface area (Å²) in [6.07, 6.45) is 0.818. The quantitative estimate of drug-likeness (QED) is 0.196. The first-order chi connectivity index (χ1) is 24.5. The highest BCUT2D eigenvalue weighted by atomic mass is 16.7. The number of nitrogens with zero attached hydrogens (tertiary/aromatic N) is 2. The molecule has 2 aromatic carbocycles. The van der Waals surface area contributed by atoms with Gasteiger partial charge in [-0.2, -0.15) is 5.06 Å². The first kappa shape index (κ1) is 39.5. The van der Waals surface area contributed by atoms with Crippen LogP contribution in [0.3, 0.4) is 0 Å². The zero-order valence-electron chi connectivity index (χ0n) is 32.2. The number of fused-ring (bicyclic) bond motifs is 2. The summed E-state index contributed by atoms with van der Waals surface area (Å²) < 4.78 is 6.02. The molecule has 1 aliphatic heterocycles. The van der Waals surface area contributed by atoms with Crippen LogP contribution in [0.25, 0.3) is 11.1 Å². The van der Waals surface area contributed by atoms with Gasteiger partial charge >= 0.3 is 0 Å². The molecule has 52 heavy (non-hydrogen) atoms. The molecule has 4 fully saturated rings. The number of nitrogens with two attached hydrogens (primary N) is 1. The number of carbonyl (C=O) groups excluding carboxylic acids is 3. The number of aliphatic hydroxyl groups is 2. The average Bonchev–Trinajstić information content (AvgIpc) is 3.46. The van der Waals surface area contributed by atoms with E-state index in [1.807, 2.05) is 57.1 Å². The third-order valence-corrected chi connectivity index (χ3v) is 12.1. The zero-order valence-corrected chi connectivity index (χ0v) is 32.2. The van der Waals surface area contributed by atoms with E-state index in [0.29, 0.717) is 52.2 Å². The van der Waals surface area contributed by atoms with Crippen molar-refractivity contribution < 1.29 is 34.2 Å². The van der Waals surface area contributed by atoms with Gasteiger partial charge < -0.3 is 36.2 Å². The summed E-state index contributed by atoms with van der Waals surface area (Å²) in [5.74, 6) is 0.180. The minimum atomic E-state index is -0.921. The van der Waals surface area contributed by atoms with Gasteiger partial charge in [-0.3, -0.25) is 19.2 Å². The monoisotopic (exact) mass is 721 g/mol. The van der Waals surface area contributed by atoms with Crippen LogP contribution in [0.2, 0.25) is 0 Å². The SMILES string of the molecule is COc1c(CN2O[C@@H](CO)[C@@H]([C@H](C)O)[C@H]2C(=O)N[C@H]2C[C@@H]3C[C@@H]([C@@H]2C)C3(C)C)cccc1-c1cc(C(=O)N[C@@H](CC(C)C)C(N)=O)cc(N(C)C)c1. The number of carbonyl (C=O) groups is 3. The number of para-hydroxylation sites is 1. The lowest BCUT2D eigenvalue weighted by atomic mass is 9.45. The van der Waals surface area contributed by atoms with Gasteiger partial charge in [-0.25, -0.2) is 0 Å². The number of nitrogens with one attached hydrogen (secondary N) is 2. The second kappa shape index (κ2) is 15.7. The fourth-order valence-corrected chi connectivity index (χ4v) is 8.95. The Kier molecular flexibility index (Phi) is 11.9. The number of rotatable bonds is 14. The molecule has 0 spiro atoms. The molecule has 12 heteroatoms. The van der Waals surface area contributed by atoms with Crippen LogP contribution in [0.4, 0.5) is 5.69 Å². The molecule has 0 unspecified atom stereocenters. The Labute approximate surface area is 308 Å². The van der Waals surface area contributed by atoms with Crippen molar-refractivity contribution >= 4 is 23.4 Å². The first-order valence-electron chi connectivity index (χ1n) is 18.6. The summed E-state index contributed by atoms with van der Waals surface area (Å²) in [6, 6.07) is 9.46. The molecule has 2 bridgehead atoms. The van der Waals surface area contributed by atoms with Crippen LogP contribution < -0.4 is 26.0 Å². The molecule has 2 aromatic rings. The molecule has 3 aliphatic carbocycles. The fraction of sp³-hybridized carbons (Fsp3) is 0.625. The van der Waals surface area contributed by atoms with Crippen molar-refractivity contribution in [2.75, 3.05) is 32.7 Å². The van der Waals surface area contributed by atoms with Crippen LogP contribution in [0.5, 0.6) is 5.75 Å². The summed E-state index contributed by atoms with van der Waals surface area (Å²) >= 11 is 0. The highest BCUT2D eigenvalue weighted by Gasteiger charge is 2.57. The number of methoxy groups -OCH3 is 1. The molecule has 1 saturated heterocycles. The Morgan fingerprint density at radius 2 is 1.85 bits per heavy atom. The Hall–Kier alpha value is -3.71. The summed E-state index contributed by atoms with van der Waals surface area (Å²) in [4.78, 5) is 48.0. The largest absolute Gasteiger partial charge is 0.496 e. The smallest absolute Gasteiger partial charge is 0.252 e. The molecule has 0 radical (unpaired) electrons. The topological polar surface area (TPSA) is 167 Å². The predicted molar refractivity (Wildman–Crippen MR) is 200 cm³/mol. The number of primary amides is 1. The van der Waals surface area contributed by atoms with Gasteiger partial charge in [-0.1, -0.05) is 52.8 Å². The van der Waals surface area contributed by atoms with Gasteiger partial charge in [0.1, 0.15) is 23.9 Å². The van der Waals surface area contributed by atoms with Gasteiger partial charge in [-0.05, 0) is 79.0 Å². The molecule has 4 aliphatic rings. The maximum Gasteiger partial charge on any atom is 0.252 e. The van der Waals surface area contributed by atoms with Gasteiger partial charge in [0, 0.05) is 48.4 Å². The molecule has 6 N–H and O–H groups in total. The number of hydroxylamine groups is 2. The average molecular weight is 722 g/mol. The number of anilines is 1. The number of aliphatic hydroxyl groups excluding tert-OH is 2. The third-order valence-electron chi connectivity index (χ3n) is 12.1. The van der Waals surface area contributed by atoms with Crippen molar-refractivity contribution in [1.82, 2.24) is 15.7 Å². The Bertz CT molecular complexity index is 1630. The van der Waals surface area contributed by atoms with Crippen LogP contribution in [0.1, 0.15) is 76.7 Å². The normalized spacial score (nSPS) is 27.7. The summed E-state index contributed by atoms with van der Waals surface area (Å²) in [5, 5.41) is 28.9. The van der Waals surface area contributed by atoms with Crippen molar-refractivity contribution in [2.24, 2.45) is 40.7 Å². The molecule has 9 atom stereocenters. The lowest BCUT2D eigenvalue weighted by Crippen LogP contribution is -2.62. The van der Waals surface area contributed by atoms with Crippen LogP contribution in [-0.2, 0) is 21.0 Å². The number of amides is 3. The molecular formula is C40H59N5O7. The van der Waals surface area contributed by atoms with E-state index in [1.165, 1.54) is 6.42 Å². The van der Waals surface area contributed by atoms with E-state index < -0.39 is 42.0 Å². The van der Waals surface area contributed by atoms with Gasteiger partial charge in [0.05, 0.1) is 26.4 Å². The molecule has 6 rings (SSSR count). The standard InChI is InChI=1S/C40H59N5O7/c1-21(2)13-32(37(41)48)43-38(49)26-14-25(15-28(16-26)44(7)8)29-12-10-11-24(36(29)51-9)19-45-35(34(23(4)47)33(20-46)52-45)39(50)42-31-18-27-17-30(22(31)3)40(27,5)6/h10-12,14-16,21-23,27,30-35,46-47H,13,17-20H2,1-9H3,(H2,41,48)(H,42,50)(H,43,49)/t22-,23-,27-,30-,31-,32-,33-,34+,35-/m0/s1. The van der Waals surface area contributed by atoms with Gasteiger partial charge in [-0.15, -0.1) is 0 Å².